The van der Waals surface area contributed by atoms with Gasteiger partial charge in [0, 0.05) is 39.6 Å². The largest absolute Gasteiger partial charge is 0.385 e. The summed E-state index contributed by atoms with van der Waals surface area (Å²) in [5.41, 5.74) is 0. The quantitative estimate of drug-likeness (QED) is 0.512. The monoisotopic (exact) mass is 355 g/mol. The molecule has 0 aromatic carbocycles. The van der Waals surface area contributed by atoms with Crippen LogP contribution in [0.4, 0.5) is 0 Å². The first-order valence-corrected chi connectivity index (χ1v) is 10.6. The summed E-state index contributed by atoms with van der Waals surface area (Å²) in [4.78, 5) is 2.55. The minimum absolute atomic E-state index is 0.246. The number of ether oxygens (including phenoxy) is 3. The van der Waals surface area contributed by atoms with E-state index in [-0.39, 0.29) is 11.9 Å². The second-order valence-corrected chi connectivity index (χ2v) is 8.51. The Morgan fingerprint density at radius 1 is 1.16 bits per heavy atom. The molecule has 1 aliphatic heterocycles. The lowest BCUT2D eigenvalue weighted by molar-refractivity contribution is -0.193. The number of rotatable bonds is 11. The van der Waals surface area contributed by atoms with Gasteiger partial charge in [0.1, 0.15) is 0 Å². The van der Waals surface area contributed by atoms with Crippen LogP contribution in [-0.2, 0) is 14.2 Å². The topological polar surface area (TPSA) is 30.9 Å². The van der Waals surface area contributed by atoms with Crippen LogP contribution in [0.25, 0.3) is 0 Å². The molecule has 1 saturated carbocycles. The third-order valence-electron chi connectivity index (χ3n) is 5.72. The van der Waals surface area contributed by atoms with Crippen LogP contribution in [0.15, 0.2) is 0 Å². The molecule has 1 aliphatic carbocycles. The van der Waals surface area contributed by atoms with Gasteiger partial charge in [0.2, 0.25) is 0 Å². The van der Waals surface area contributed by atoms with Crippen LogP contribution in [0.2, 0.25) is 0 Å². The molecule has 4 heteroatoms. The Morgan fingerprint density at radius 2 is 1.92 bits per heavy atom. The van der Waals surface area contributed by atoms with Gasteiger partial charge in [-0.25, -0.2) is 0 Å². The Labute approximate surface area is 155 Å². The second-order valence-electron chi connectivity index (χ2n) is 8.51. The zero-order valence-corrected chi connectivity index (χ0v) is 17.1. The van der Waals surface area contributed by atoms with E-state index in [0.29, 0.717) is 0 Å². The van der Waals surface area contributed by atoms with E-state index in [4.69, 9.17) is 14.2 Å². The van der Waals surface area contributed by atoms with Crippen LogP contribution in [0.5, 0.6) is 0 Å². The Kier molecular flexibility index (Phi) is 9.18. The third-order valence-corrected chi connectivity index (χ3v) is 5.72. The Hall–Kier alpha value is -0.160. The first-order chi connectivity index (χ1) is 12.1. The standard InChI is InChI=1S/C21H41NO3/c1-5-12-22(13-6-15-23-4)14-9-20-17-24-21(25-20)10-7-19(8-11-21)16-18(2)3/h18-20H,5-17H2,1-4H3. The fourth-order valence-electron chi connectivity index (χ4n) is 4.45. The molecule has 2 fully saturated rings. The smallest absolute Gasteiger partial charge is 0.168 e. The summed E-state index contributed by atoms with van der Waals surface area (Å²) in [5, 5.41) is 0. The van der Waals surface area contributed by atoms with Gasteiger partial charge in [0.15, 0.2) is 5.79 Å². The van der Waals surface area contributed by atoms with Crippen molar-refractivity contribution in [2.24, 2.45) is 11.8 Å². The van der Waals surface area contributed by atoms with E-state index in [1.807, 2.05) is 0 Å². The highest BCUT2D eigenvalue weighted by atomic mass is 16.7. The van der Waals surface area contributed by atoms with Crippen molar-refractivity contribution in [2.45, 2.75) is 84.0 Å². The molecule has 0 N–H and O–H groups in total. The van der Waals surface area contributed by atoms with E-state index in [1.54, 1.807) is 7.11 Å². The highest BCUT2D eigenvalue weighted by molar-refractivity contribution is 4.86. The number of hydrogen-bond acceptors (Lipinski definition) is 4. The molecule has 2 rings (SSSR count). The molecule has 0 aromatic rings. The summed E-state index contributed by atoms with van der Waals surface area (Å²) >= 11 is 0. The van der Waals surface area contributed by atoms with E-state index in [9.17, 15) is 0 Å². The molecule has 148 valence electrons. The van der Waals surface area contributed by atoms with E-state index in [2.05, 4.69) is 25.7 Å². The maximum atomic E-state index is 6.42. The minimum atomic E-state index is -0.246. The predicted octanol–water partition coefficient (Wildman–Crippen LogP) is 4.47. The summed E-state index contributed by atoms with van der Waals surface area (Å²) in [6, 6.07) is 0. The van der Waals surface area contributed by atoms with Gasteiger partial charge in [0.05, 0.1) is 12.7 Å². The van der Waals surface area contributed by atoms with Gasteiger partial charge in [-0.1, -0.05) is 20.8 Å². The van der Waals surface area contributed by atoms with Gasteiger partial charge in [0.25, 0.3) is 0 Å². The fraction of sp³-hybridized carbons (Fsp3) is 1.00. The van der Waals surface area contributed by atoms with E-state index < -0.39 is 0 Å². The zero-order valence-electron chi connectivity index (χ0n) is 17.1. The number of methoxy groups -OCH3 is 1. The van der Waals surface area contributed by atoms with Crippen LogP contribution in [-0.4, -0.2) is 56.7 Å². The molecule has 1 heterocycles. The van der Waals surface area contributed by atoms with Crippen molar-refractivity contribution in [1.82, 2.24) is 4.90 Å². The van der Waals surface area contributed by atoms with Gasteiger partial charge in [-0.3, -0.25) is 0 Å². The van der Waals surface area contributed by atoms with Gasteiger partial charge in [-0.2, -0.15) is 0 Å². The normalized spacial score (nSPS) is 30.0. The van der Waals surface area contributed by atoms with E-state index in [0.717, 1.165) is 63.8 Å². The van der Waals surface area contributed by atoms with Crippen molar-refractivity contribution in [3.8, 4) is 0 Å². The summed E-state index contributed by atoms with van der Waals surface area (Å²) in [5.74, 6) is 1.43. The summed E-state index contributed by atoms with van der Waals surface area (Å²) in [6.45, 7) is 11.9. The summed E-state index contributed by atoms with van der Waals surface area (Å²) in [7, 11) is 1.78. The molecule has 25 heavy (non-hydrogen) atoms. The highest BCUT2D eigenvalue weighted by Crippen LogP contribution is 2.42. The molecular formula is C21H41NO3. The van der Waals surface area contributed by atoms with Gasteiger partial charge in [-0.05, 0) is 56.9 Å². The van der Waals surface area contributed by atoms with Gasteiger partial charge in [-0.15, -0.1) is 0 Å². The van der Waals surface area contributed by atoms with Crippen LogP contribution in [0, 0.1) is 11.8 Å². The first kappa shape index (κ1) is 21.1. The summed E-state index contributed by atoms with van der Waals surface area (Å²) < 4.78 is 17.8. The average molecular weight is 356 g/mol. The van der Waals surface area contributed by atoms with Gasteiger partial charge >= 0.3 is 0 Å². The lowest BCUT2D eigenvalue weighted by Gasteiger charge is -2.36. The SMILES string of the molecule is CCCN(CCCOC)CCC1COC2(CCC(CC(C)C)CC2)O1. The van der Waals surface area contributed by atoms with Crippen molar-refractivity contribution in [2.75, 3.05) is 40.0 Å². The average Bonchev–Trinajstić information content (AvgIpc) is 2.98. The molecule has 1 unspecified atom stereocenters. The third kappa shape index (κ3) is 7.16. The Balaban J connectivity index is 1.69. The van der Waals surface area contributed by atoms with Gasteiger partial charge < -0.3 is 19.1 Å². The van der Waals surface area contributed by atoms with Crippen LogP contribution in [0.3, 0.4) is 0 Å². The van der Waals surface area contributed by atoms with Crippen molar-refractivity contribution >= 4 is 0 Å². The highest BCUT2D eigenvalue weighted by Gasteiger charge is 2.43. The van der Waals surface area contributed by atoms with Crippen molar-refractivity contribution in [3.05, 3.63) is 0 Å². The Morgan fingerprint density at radius 3 is 2.56 bits per heavy atom. The molecule has 1 saturated heterocycles. The van der Waals surface area contributed by atoms with Crippen LogP contribution < -0.4 is 0 Å². The van der Waals surface area contributed by atoms with Crippen molar-refractivity contribution < 1.29 is 14.2 Å². The second kappa shape index (κ2) is 10.9. The number of nitrogens with zero attached hydrogens (tertiary/aromatic N) is 1. The Bertz CT molecular complexity index is 353. The molecule has 2 aliphatic rings. The van der Waals surface area contributed by atoms with Crippen molar-refractivity contribution in [1.29, 1.82) is 0 Å². The molecule has 4 nitrogen and oxygen atoms in total. The maximum absolute atomic E-state index is 6.42. The molecule has 0 radical (unpaired) electrons. The van der Waals surface area contributed by atoms with E-state index in [1.165, 1.54) is 32.2 Å². The van der Waals surface area contributed by atoms with Crippen LogP contribution in [0.1, 0.15) is 72.1 Å². The molecule has 0 bridgehead atoms. The van der Waals surface area contributed by atoms with E-state index >= 15 is 0 Å². The zero-order chi connectivity index (χ0) is 18.1. The van der Waals surface area contributed by atoms with Crippen LogP contribution >= 0.6 is 0 Å². The molecular weight excluding hydrogens is 314 g/mol. The maximum Gasteiger partial charge on any atom is 0.168 e. The summed E-state index contributed by atoms with van der Waals surface area (Å²) in [6.07, 6.45) is 9.75. The van der Waals surface area contributed by atoms with Crippen molar-refractivity contribution in [3.63, 3.8) is 0 Å². The fourth-order valence-corrected chi connectivity index (χ4v) is 4.45. The predicted molar refractivity (Wildman–Crippen MR) is 103 cm³/mol. The lowest BCUT2D eigenvalue weighted by Crippen LogP contribution is -2.36. The molecule has 0 aromatic heterocycles. The minimum Gasteiger partial charge on any atom is -0.385 e. The molecule has 0 amide bonds. The molecule has 1 spiro atoms. The number of hydrogen-bond donors (Lipinski definition) is 0. The molecule has 1 atom stereocenters. The lowest BCUT2D eigenvalue weighted by atomic mass is 9.81. The first-order valence-electron chi connectivity index (χ1n) is 10.6.